The number of benzene rings is 1. The maximum absolute atomic E-state index is 10.8. The number of aldehydes is 1. The molecule has 3 rings (SSSR count). The van der Waals surface area contributed by atoms with Gasteiger partial charge in [0, 0.05) is 26.2 Å². The van der Waals surface area contributed by atoms with Crippen LogP contribution in [0.15, 0.2) is 36.4 Å². The zero-order valence-electron chi connectivity index (χ0n) is 12.0. The number of carbonyl (C=O) groups excluding carboxylic acids is 1. The zero-order valence-corrected chi connectivity index (χ0v) is 12.8. The Kier molecular flexibility index (Phi) is 4.10. The van der Waals surface area contributed by atoms with Gasteiger partial charge in [0.2, 0.25) is 0 Å². The van der Waals surface area contributed by atoms with Crippen molar-refractivity contribution in [1.29, 1.82) is 0 Å². The lowest BCUT2D eigenvalue weighted by atomic mass is 10.2. The molecule has 2 heterocycles. The van der Waals surface area contributed by atoms with Crippen LogP contribution in [-0.2, 0) is 0 Å². The summed E-state index contributed by atoms with van der Waals surface area (Å²) in [7, 11) is 1.71. The first kappa shape index (κ1) is 13.9. The molecule has 1 aromatic heterocycles. The Morgan fingerprint density at radius 1 is 1.05 bits per heavy atom. The van der Waals surface area contributed by atoms with E-state index in [4.69, 9.17) is 4.74 Å². The Hall–Kier alpha value is -2.01. The lowest BCUT2D eigenvalue weighted by Gasteiger charge is -2.37. The van der Waals surface area contributed by atoms with Gasteiger partial charge < -0.3 is 14.5 Å². The van der Waals surface area contributed by atoms with E-state index in [1.807, 2.05) is 30.3 Å². The minimum atomic E-state index is 0.789. The molecule has 1 aliphatic rings. The molecule has 0 saturated carbocycles. The second-order valence-electron chi connectivity index (χ2n) is 4.94. The van der Waals surface area contributed by atoms with Gasteiger partial charge in [0.05, 0.1) is 22.7 Å². The van der Waals surface area contributed by atoms with E-state index in [2.05, 4.69) is 15.9 Å². The van der Waals surface area contributed by atoms with Gasteiger partial charge >= 0.3 is 0 Å². The highest BCUT2D eigenvalue weighted by Crippen LogP contribution is 2.30. The highest BCUT2D eigenvalue weighted by atomic mass is 32.1. The van der Waals surface area contributed by atoms with Crippen LogP contribution in [-0.4, -0.2) is 39.6 Å². The number of rotatable bonds is 4. The molecule has 1 saturated heterocycles. The average molecular weight is 302 g/mol. The predicted octanol–water partition coefficient (Wildman–Crippen LogP) is 2.90. The number of hydrogen-bond donors (Lipinski definition) is 0. The van der Waals surface area contributed by atoms with Gasteiger partial charge in [0.25, 0.3) is 0 Å². The zero-order chi connectivity index (χ0) is 14.7. The second-order valence-corrected chi connectivity index (χ2v) is 6.03. The number of carbonyl (C=O) groups is 1. The summed E-state index contributed by atoms with van der Waals surface area (Å²) in [6.07, 6.45) is 0.916. The van der Waals surface area contributed by atoms with E-state index in [0.717, 1.165) is 48.8 Å². The van der Waals surface area contributed by atoms with Crippen molar-refractivity contribution >= 4 is 28.3 Å². The molecule has 5 heteroatoms. The molecule has 21 heavy (non-hydrogen) atoms. The third kappa shape index (κ3) is 2.88. The van der Waals surface area contributed by atoms with Crippen LogP contribution in [0.3, 0.4) is 0 Å². The van der Waals surface area contributed by atoms with Gasteiger partial charge in [-0.3, -0.25) is 4.79 Å². The van der Waals surface area contributed by atoms with Crippen molar-refractivity contribution in [2.24, 2.45) is 0 Å². The minimum absolute atomic E-state index is 0.789. The Labute approximate surface area is 128 Å². The van der Waals surface area contributed by atoms with Gasteiger partial charge in [-0.2, -0.15) is 0 Å². The summed E-state index contributed by atoms with van der Waals surface area (Å²) in [5.74, 6) is 0.922. The molecule has 0 N–H and O–H groups in total. The molecule has 0 spiro atoms. The van der Waals surface area contributed by atoms with Crippen molar-refractivity contribution in [2.45, 2.75) is 0 Å². The van der Waals surface area contributed by atoms with Crippen LogP contribution in [0.25, 0.3) is 0 Å². The number of anilines is 2. The van der Waals surface area contributed by atoms with Crippen LogP contribution in [0, 0.1) is 0 Å². The number of para-hydroxylation sites is 2. The van der Waals surface area contributed by atoms with E-state index in [1.54, 1.807) is 18.4 Å². The molecule has 2 aromatic rings. The van der Waals surface area contributed by atoms with Gasteiger partial charge in [0.15, 0.2) is 6.29 Å². The molecule has 0 atom stereocenters. The normalized spacial score (nSPS) is 15.1. The Morgan fingerprint density at radius 2 is 1.76 bits per heavy atom. The fourth-order valence-corrected chi connectivity index (χ4v) is 3.51. The van der Waals surface area contributed by atoms with Gasteiger partial charge in [-0.1, -0.05) is 12.1 Å². The van der Waals surface area contributed by atoms with E-state index < -0.39 is 0 Å². The van der Waals surface area contributed by atoms with Crippen molar-refractivity contribution in [3.05, 3.63) is 41.3 Å². The van der Waals surface area contributed by atoms with E-state index in [9.17, 15) is 4.79 Å². The van der Waals surface area contributed by atoms with Crippen molar-refractivity contribution in [3.8, 4) is 5.75 Å². The third-order valence-corrected chi connectivity index (χ3v) is 4.82. The minimum Gasteiger partial charge on any atom is -0.495 e. The Bertz CT molecular complexity index is 618. The van der Waals surface area contributed by atoms with Gasteiger partial charge in [-0.25, -0.2) is 0 Å². The summed E-state index contributed by atoms with van der Waals surface area (Å²) in [6, 6.07) is 12.1. The lowest BCUT2D eigenvalue weighted by molar-refractivity contribution is 0.112. The monoisotopic (exact) mass is 302 g/mol. The van der Waals surface area contributed by atoms with Crippen molar-refractivity contribution in [2.75, 3.05) is 43.1 Å². The fraction of sp³-hybridized carbons (Fsp3) is 0.312. The summed E-state index contributed by atoms with van der Waals surface area (Å²) in [6.45, 7) is 3.82. The Morgan fingerprint density at radius 3 is 2.43 bits per heavy atom. The largest absolute Gasteiger partial charge is 0.495 e. The summed E-state index contributed by atoms with van der Waals surface area (Å²) in [5.41, 5.74) is 1.15. The van der Waals surface area contributed by atoms with Gasteiger partial charge in [0.1, 0.15) is 5.75 Å². The molecule has 0 bridgehead atoms. The molecule has 1 aliphatic heterocycles. The van der Waals surface area contributed by atoms with Crippen LogP contribution >= 0.6 is 11.3 Å². The molecule has 0 amide bonds. The molecular formula is C16H18N2O2S. The number of nitrogens with zero attached hydrogens (tertiary/aromatic N) is 2. The van der Waals surface area contributed by atoms with Gasteiger partial charge in [-0.05, 0) is 24.3 Å². The first-order valence-corrected chi connectivity index (χ1v) is 7.81. The van der Waals surface area contributed by atoms with E-state index in [0.29, 0.717) is 0 Å². The molecule has 0 unspecified atom stereocenters. The fourth-order valence-electron chi connectivity index (χ4n) is 2.63. The number of ether oxygens (including phenoxy) is 1. The summed E-state index contributed by atoms with van der Waals surface area (Å²) >= 11 is 1.56. The van der Waals surface area contributed by atoms with E-state index >= 15 is 0 Å². The third-order valence-electron chi connectivity index (χ3n) is 3.75. The number of methoxy groups -OCH3 is 1. The summed E-state index contributed by atoms with van der Waals surface area (Å²) < 4.78 is 5.44. The van der Waals surface area contributed by atoms with Crippen molar-refractivity contribution in [1.82, 2.24) is 0 Å². The molecule has 4 nitrogen and oxygen atoms in total. The topological polar surface area (TPSA) is 32.8 Å². The van der Waals surface area contributed by atoms with Crippen LogP contribution in [0.5, 0.6) is 5.75 Å². The smallest absolute Gasteiger partial charge is 0.160 e. The van der Waals surface area contributed by atoms with Crippen LogP contribution in [0.4, 0.5) is 10.7 Å². The van der Waals surface area contributed by atoms with Gasteiger partial charge in [-0.15, -0.1) is 11.3 Å². The highest BCUT2D eigenvalue weighted by molar-refractivity contribution is 7.17. The SMILES string of the molecule is COc1ccccc1N1CCN(c2ccc(C=O)s2)CC1. The average Bonchev–Trinajstić information content (AvgIpc) is 3.04. The number of piperazine rings is 1. The van der Waals surface area contributed by atoms with Crippen LogP contribution in [0.2, 0.25) is 0 Å². The predicted molar refractivity (Wildman–Crippen MR) is 87.1 cm³/mol. The Balaban J connectivity index is 1.68. The number of thiophene rings is 1. The van der Waals surface area contributed by atoms with E-state index in [1.165, 1.54) is 5.00 Å². The second kappa shape index (κ2) is 6.18. The molecule has 0 radical (unpaired) electrons. The maximum Gasteiger partial charge on any atom is 0.160 e. The molecule has 1 aromatic carbocycles. The quantitative estimate of drug-likeness (QED) is 0.813. The standard InChI is InChI=1S/C16H18N2O2S/c1-20-15-5-3-2-4-14(15)17-8-10-18(11-9-17)16-7-6-13(12-19)21-16/h2-7,12H,8-11H2,1H3. The maximum atomic E-state index is 10.8. The van der Waals surface area contributed by atoms with E-state index in [-0.39, 0.29) is 0 Å². The molecule has 110 valence electrons. The first-order chi connectivity index (χ1) is 10.3. The van der Waals surface area contributed by atoms with Crippen LogP contribution < -0.4 is 14.5 Å². The van der Waals surface area contributed by atoms with Crippen molar-refractivity contribution in [3.63, 3.8) is 0 Å². The summed E-state index contributed by atoms with van der Waals surface area (Å²) in [5, 5.41) is 1.18. The van der Waals surface area contributed by atoms with Crippen molar-refractivity contribution < 1.29 is 9.53 Å². The molecular weight excluding hydrogens is 284 g/mol. The number of hydrogen-bond acceptors (Lipinski definition) is 5. The highest BCUT2D eigenvalue weighted by Gasteiger charge is 2.20. The molecule has 1 fully saturated rings. The molecule has 0 aliphatic carbocycles. The first-order valence-electron chi connectivity index (χ1n) is 7.00. The van der Waals surface area contributed by atoms with Crippen LogP contribution in [0.1, 0.15) is 9.67 Å². The lowest BCUT2D eigenvalue weighted by Crippen LogP contribution is -2.46. The summed E-state index contributed by atoms with van der Waals surface area (Å²) in [4.78, 5) is 16.3.